The molecule has 1 N–H and O–H groups in total. The first-order valence-corrected chi connectivity index (χ1v) is 7.77. The van der Waals surface area contributed by atoms with Crippen LogP contribution in [0.1, 0.15) is 18.9 Å². The molecule has 3 rings (SSSR count). The van der Waals surface area contributed by atoms with Crippen LogP contribution in [-0.2, 0) is 11.3 Å². The third kappa shape index (κ3) is 3.87. The summed E-state index contributed by atoms with van der Waals surface area (Å²) in [5.74, 6) is 0.588. The average Bonchev–Trinajstić information content (AvgIpc) is 3.25. The van der Waals surface area contributed by atoms with Crippen molar-refractivity contribution in [1.82, 2.24) is 20.4 Å². The molecule has 122 valence electrons. The number of carbonyl (C=O) groups is 1. The van der Waals surface area contributed by atoms with Crippen molar-refractivity contribution in [2.45, 2.75) is 25.9 Å². The molecule has 0 aliphatic carbocycles. The molecule has 1 aromatic carbocycles. The van der Waals surface area contributed by atoms with Gasteiger partial charge in [0.2, 0.25) is 12.2 Å². The van der Waals surface area contributed by atoms with E-state index >= 15 is 0 Å². The summed E-state index contributed by atoms with van der Waals surface area (Å²) in [6.45, 7) is 4.43. The van der Waals surface area contributed by atoms with E-state index in [0.717, 1.165) is 25.1 Å². The molecule has 7 heteroatoms. The Morgan fingerprint density at radius 2 is 2.26 bits per heavy atom. The standard InChI is InChI=1S/C16H20N4O3/c1-2-22-16(21)20-8-7-14(10-20)17-9-12-3-5-13(6-4-12)15-18-11-23-19-15/h3-6,11,14,17H,2,7-10H2,1H3. The van der Waals surface area contributed by atoms with E-state index in [1.807, 2.05) is 31.2 Å². The molecule has 1 unspecified atom stereocenters. The van der Waals surface area contributed by atoms with Gasteiger partial charge in [-0.2, -0.15) is 4.98 Å². The van der Waals surface area contributed by atoms with Gasteiger partial charge in [0.15, 0.2) is 0 Å². The molecule has 0 bridgehead atoms. The lowest BCUT2D eigenvalue weighted by Gasteiger charge is -2.16. The highest BCUT2D eigenvalue weighted by Crippen LogP contribution is 2.16. The number of carbonyl (C=O) groups excluding carboxylic acids is 1. The summed E-state index contributed by atoms with van der Waals surface area (Å²) in [6.07, 6.45) is 2.04. The fourth-order valence-electron chi connectivity index (χ4n) is 2.64. The van der Waals surface area contributed by atoms with Crippen LogP contribution < -0.4 is 5.32 Å². The maximum atomic E-state index is 11.7. The number of hydrogen-bond acceptors (Lipinski definition) is 6. The summed E-state index contributed by atoms with van der Waals surface area (Å²) < 4.78 is 9.77. The quantitative estimate of drug-likeness (QED) is 0.909. The number of nitrogens with zero attached hydrogens (tertiary/aromatic N) is 3. The predicted molar refractivity (Wildman–Crippen MR) is 83.6 cm³/mol. The Bertz CT molecular complexity index is 627. The van der Waals surface area contributed by atoms with Gasteiger partial charge < -0.3 is 19.5 Å². The van der Waals surface area contributed by atoms with E-state index in [2.05, 4.69) is 15.5 Å². The number of nitrogens with one attached hydrogen (secondary N) is 1. The van der Waals surface area contributed by atoms with E-state index in [1.165, 1.54) is 12.0 Å². The molecule has 1 amide bonds. The zero-order valence-electron chi connectivity index (χ0n) is 13.1. The molecule has 7 nitrogen and oxygen atoms in total. The summed E-state index contributed by atoms with van der Waals surface area (Å²) in [5.41, 5.74) is 2.10. The van der Waals surface area contributed by atoms with Gasteiger partial charge in [0.25, 0.3) is 0 Å². The van der Waals surface area contributed by atoms with Gasteiger partial charge in [-0.05, 0) is 18.9 Å². The number of likely N-dealkylation sites (tertiary alicyclic amines) is 1. The van der Waals surface area contributed by atoms with Gasteiger partial charge in [-0.25, -0.2) is 4.79 Å². The molecule has 1 aliphatic heterocycles. The zero-order chi connectivity index (χ0) is 16.1. The number of amides is 1. The molecule has 1 aliphatic rings. The molecule has 0 radical (unpaired) electrons. The van der Waals surface area contributed by atoms with Crippen LogP contribution in [0.3, 0.4) is 0 Å². The largest absolute Gasteiger partial charge is 0.450 e. The zero-order valence-corrected chi connectivity index (χ0v) is 13.1. The van der Waals surface area contributed by atoms with Crippen molar-refractivity contribution in [3.05, 3.63) is 36.2 Å². The molecule has 1 aromatic heterocycles. The van der Waals surface area contributed by atoms with Crippen molar-refractivity contribution in [3.8, 4) is 11.4 Å². The number of benzene rings is 1. The van der Waals surface area contributed by atoms with Crippen LogP contribution >= 0.6 is 0 Å². The lowest BCUT2D eigenvalue weighted by Crippen LogP contribution is -2.35. The Morgan fingerprint density at radius 3 is 2.96 bits per heavy atom. The SMILES string of the molecule is CCOC(=O)N1CCC(NCc2ccc(-c3ncon3)cc2)C1. The monoisotopic (exact) mass is 316 g/mol. The summed E-state index contributed by atoms with van der Waals surface area (Å²) in [6, 6.07) is 8.33. The van der Waals surface area contributed by atoms with Gasteiger partial charge in [-0.3, -0.25) is 0 Å². The molecule has 0 spiro atoms. The lowest BCUT2D eigenvalue weighted by molar-refractivity contribution is 0.115. The van der Waals surface area contributed by atoms with Crippen LogP contribution in [0.5, 0.6) is 0 Å². The molecule has 1 saturated heterocycles. The normalized spacial score (nSPS) is 17.4. The highest BCUT2D eigenvalue weighted by molar-refractivity contribution is 5.68. The highest BCUT2D eigenvalue weighted by atomic mass is 16.6. The first-order valence-electron chi connectivity index (χ1n) is 7.77. The molecule has 0 saturated carbocycles. The molecule has 1 fully saturated rings. The van der Waals surface area contributed by atoms with E-state index in [9.17, 15) is 4.79 Å². The Kier molecular flexibility index (Phi) is 4.87. The maximum Gasteiger partial charge on any atom is 0.409 e. The van der Waals surface area contributed by atoms with Crippen molar-refractivity contribution < 1.29 is 14.1 Å². The second-order valence-electron chi connectivity index (χ2n) is 5.46. The fraction of sp³-hybridized carbons (Fsp3) is 0.438. The number of aromatic nitrogens is 2. The Hall–Kier alpha value is -2.41. The molecule has 2 aromatic rings. The first kappa shape index (κ1) is 15.5. The third-order valence-corrected chi connectivity index (χ3v) is 3.88. The van der Waals surface area contributed by atoms with E-state index in [0.29, 0.717) is 25.0 Å². The number of hydrogen-bond donors (Lipinski definition) is 1. The fourth-order valence-corrected chi connectivity index (χ4v) is 2.64. The predicted octanol–water partition coefficient (Wildman–Crippen LogP) is 2.06. The van der Waals surface area contributed by atoms with Crippen molar-refractivity contribution in [1.29, 1.82) is 0 Å². The summed E-state index contributed by atoms with van der Waals surface area (Å²) >= 11 is 0. The minimum Gasteiger partial charge on any atom is -0.450 e. The maximum absolute atomic E-state index is 11.7. The molecular formula is C16H20N4O3. The third-order valence-electron chi connectivity index (χ3n) is 3.88. The molecule has 2 heterocycles. The highest BCUT2D eigenvalue weighted by Gasteiger charge is 2.26. The number of rotatable bonds is 5. The van der Waals surface area contributed by atoms with E-state index in [-0.39, 0.29) is 6.09 Å². The van der Waals surface area contributed by atoms with Gasteiger partial charge in [-0.15, -0.1) is 0 Å². The average molecular weight is 316 g/mol. The van der Waals surface area contributed by atoms with Crippen molar-refractivity contribution in [2.24, 2.45) is 0 Å². The van der Waals surface area contributed by atoms with Gasteiger partial charge in [0.1, 0.15) is 0 Å². The van der Waals surface area contributed by atoms with Crippen molar-refractivity contribution >= 4 is 6.09 Å². The van der Waals surface area contributed by atoms with E-state index < -0.39 is 0 Å². The van der Waals surface area contributed by atoms with Crippen molar-refractivity contribution in [3.63, 3.8) is 0 Å². The van der Waals surface area contributed by atoms with E-state index in [4.69, 9.17) is 9.26 Å². The van der Waals surface area contributed by atoms with Crippen molar-refractivity contribution in [2.75, 3.05) is 19.7 Å². The van der Waals surface area contributed by atoms with Crippen LogP contribution in [-0.4, -0.2) is 46.9 Å². The second-order valence-corrected chi connectivity index (χ2v) is 5.46. The Labute approximate surface area is 134 Å². The minimum atomic E-state index is -0.221. The Balaban J connectivity index is 1.48. The lowest BCUT2D eigenvalue weighted by atomic mass is 10.1. The molecular weight excluding hydrogens is 296 g/mol. The molecule has 23 heavy (non-hydrogen) atoms. The summed E-state index contributed by atoms with van der Waals surface area (Å²) in [4.78, 5) is 17.4. The number of ether oxygens (including phenoxy) is 1. The second kappa shape index (κ2) is 7.23. The first-order chi connectivity index (χ1) is 11.3. The smallest absolute Gasteiger partial charge is 0.409 e. The van der Waals surface area contributed by atoms with Gasteiger partial charge in [0.05, 0.1) is 6.61 Å². The van der Waals surface area contributed by atoms with Crippen LogP contribution in [0, 0.1) is 0 Å². The van der Waals surface area contributed by atoms with Gasteiger partial charge in [-0.1, -0.05) is 29.4 Å². The van der Waals surface area contributed by atoms with Crippen LogP contribution in [0.4, 0.5) is 4.79 Å². The van der Waals surface area contributed by atoms with Crippen LogP contribution in [0.15, 0.2) is 35.2 Å². The topological polar surface area (TPSA) is 80.5 Å². The summed E-state index contributed by atoms with van der Waals surface area (Å²) in [7, 11) is 0. The Morgan fingerprint density at radius 1 is 1.43 bits per heavy atom. The summed E-state index contributed by atoms with van der Waals surface area (Å²) in [5, 5.41) is 7.29. The van der Waals surface area contributed by atoms with E-state index in [1.54, 1.807) is 4.90 Å². The van der Waals surface area contributed by atoms with Gasteiger partial charge >= 0.3 is 6.09 Å². The van der Waals surface area contributed by atoms with Crippen LogP contribution in [0.2, 0.25) is 0 Å². The minimum absolute atomic E-state index is 0.221. The molecule has 1 atom stereocenters. The van der Waals surface area contributed by atoms with Gasteiger partial charge in [0, 0.05) is 31.2 Å². The van der Waals surface area contributed by atoms with Crippen LogP contribution in [0.25, 0.3) is 11.4 Å².